The zero-order chi connectivity index (χ0) is 13.1. The van der Waals surface area contributed by atoms with Crippen molar-refractivity contribution in [2.24, 2.45) is 16.3 Å². The van der Waals surface area contributed by atoms with Gasteiger partial charge in [-0.05, 0) is 19.3 Å². The molecule has 0 bridgehead atoms. The summed E-state index contributed by atoms with van der Waals surface area (Å²) in [7, 11) is -3.00. The summed E-state index contributed by atoms with van der Waals surface area (Å²) in [6.45, 7) is 0.270. The lowest BCUT2D eigenvalue weighted by molar-refractivity contribution is -0.124. The van der Waals surface area contributed by atoms with Crippen LogP contribution in [-0.4, -0.2) is 43.9 Å². The van der Waals surface area contributed by atoms with Crippen LogP contribution in [0.4, 0.5) is 0 Å². The second-order valence-electron chi connectivity index (χ2n) is 4.31. The molecule has 7 nitrogen and oxygen atoms in total. The van der Waals surface area contributed by atoms with E-state index in [9.17, 15) is 13.2 Å². The Balaban J connectivity index is 2.37. The number of amides is 1. The highest BCUT2D eigenvalue weighted by Gasteiger charge is 2.54. The Hall–Kier alpha value is -1.31. The van der Waals surface area contributed by atoms with E-state index in [-0.39, 0.29) is 24.0 Å². The van der Waals surface area contributed by atoms with Crippen molar-refractivity contribution in [2.45, 2.75) is 19.3 Å². The smallest absolute Gasteiger partial charge is 0.233 e. The number of oxime groups is 1. The van der Waals surface area contributed by atoms with Gasteiger partial charge < -0.3 is 16.3 Å². The third kappa shape index (κ3) is 3.58. The lowest BCUT2D eigenvalue weighted by Crippen LogP contribution is -2.41. The fraction of sp³-hybridized carbons (Fsp3) is 0.778. The van der Waals surface area contributed by atoms with Crippen molar-refractivity contribution in [1.29, 1.82) is 0 Å². The molecule has 0 unspecified atom stereocenters. The molecule has 8 heteroatoms. The maximum Gasteiger partial charge on any atom is 0.233 e. The summed E-state index contributed by atoms with van der Waals surface area (Å²) in [6, 6.07) is 0. The molecular formula is C9H17N3O4S. The number of carbonyl (C=O) groups is 1. The summed E-state index contributed by atoms with van der Waals surface area (Å²) in [5.41, 5.74) is 4.56. The lowest BCUT2D eigenvalue weighted by Gasteiger charge is -2.13. The molecular weight excluding hydrogens is 246 g/mol. The van der Waals surface area contributed by atoms with E-state index in [0.717, 1.165) is 6.26 Å². The Labute approximate surface area is 100.0 Å². The van der Waals surface area contributed by atoms with Gasteiger partial charge in [0, 0.05) is 12.8 Å². The molecule has 1 fully saturated rings. The van der Waals surface area contributed by atoms with E-state index in [2.05, 4.69) is 10.5 Å². The molecule has 0 spiro atoms. The van der Waals surface area contributed by atoms with Gasteiger partial charge in [-0.25, -0.2) is 8.42 Å². The van der Waals surface area contributed by atoms with Gasteiger partial charge in [0.2, 0.25) is 5.91 Å². The van der Waals surface area contributed by atoms with Crippen molar-refractivity contribution in [1.82, 2.24) is 5.32 Å². The largest absolute Gasteiger partial charge is 0.409 e. The third-order valence-corrected chi connectivity index (χ3v) is 3.79. The predicted molar refractivity (Wildman–Crippen MR) is 62.4 cm³/mol. The van der Waals surface area contributed by atoms with E-state index in [1.807, 2.05) is 0 Å². The van der Waals surface area contributed by atoms with Crippen LogP contribution < -0.4 is 11.1 Å². The number of rotatable bonds is 6. The zero-order valence-corrected chi connectivity index (χ0v) is 10.5. The SMILES string of the molecule is CS(=O)(=O)CCCNC(=O)C1(C(N)=NO)CC1. The average Bonchev–Trinajstić information content (AvgIpc) is 3.02. The van der Waals surface area contributed by atoms with E-state index in [4.69, 9.17) is 10.9 Å². The predicted octanol–water partition coefficient (Wildman–Crippen LogP) is -0.936. The van der Waals surface area contributed by atoms with Crippen molar-refractivity contribution in [3.8, 4) is 0 Å². The van der Waals surface area contributed by atoms with Crippen molar-refractivity contribution in [3.63, 3.8) is 0 Å². The molecule has 4 N–H and O–H groups in total. The molecule has 0 heterocycles. The van der Waals surface area contributed by atoms with Gasteiger partial charge in [0.1, 0.15) is 15.3 Å². The number of sulfone groups is 1. The van der Waals surface area contributed by atoms with Gasteiger partial charge in [-0.15, -0.1) is 0 Å². The number of hydrogen-bond donors (Lipinski definition) is 3. The Bertz CT molecular complexity index is 426. The highest BCUT2D eigenvalue weighted by Crippen LogP contribution is 2.45. The minimum Gasteiger partial charge on any atom is -0.409 e. The maximum atomic E-state index is 11.7. The summed E-state index contributed by atoms with van der Waals surface area (Å²) in [5, 5.41) is 14.0. The van der Waals surface area contributed by atoms with Gasteiger partial charge in [0.15, 0.2) is 5.84 Å². The third-order valence-electron chi connectivity index (χ3n) is 2.76. The molecule has 98 valence electrons. The summed E-state index contributed by atoms with van der Waals surface area (Å²) in [6.07, 6.45) is 2.62. The molecule has 0 aromatic rings. The number of carbonyl (C=O) groups excluding carboxylic acids is 1. The monoisotopic (exact) mass is 263 g/mol. The van der Waals surface area contributed by atoms with Gasteiger partial charge in [-0.2, -0.15) is 0 Å². The summed E-state index contributed by atoms with van der Waals surface area (Å²) in [5.74, 6) is -0.358. The Kier molecular flexibility index (Phi) is 3.97. The first-order valence-electron chi connectivity index (χ1n) is 5.26. The second kappa shape index (κ2) is 4.91. The first kappa shape index (κ1) is 13.8. The minimum absolute atomic E-state index is 0.0316. The molecule has 0 radical (unpaired) electrons. The number of amidine groups is 1. The van der Waals surface area contributed by atoms with Crippen LogP contribution in [0.25, 0.3) is 0 Å². The highest BCUT2D eigenvalue weighted by atomic mass is 32.2. The standard InChI is InChI=1S/C9H17N3O4S/c1-17(15,16)6-2-5-11-8(13)9(3-4-9)7(10)12-14/h14H,2-6H2,1H3,(H2,10,12)(H,11,13). The van der Waals surface area contributed by atoms with E-state index >= 15 is 0 Å². The van der Waals surface area contributed by atoms with Crippen LogP contribution in [0.2, 0.25) is 0 Å². The van der Waals surface area contributed by atoms with Crippen molar-refractivity contribution < 1.29 is 18.4 Å². The average molecular weight is 263 g/mol. The summed E-state index contributed by atoms with van der Waals surface area (Å²) < 4.78 is 21.7. The molecule has 0 saturated heterocycles. The topological polar surface area (TPSA) is 122 Å². The van der Waals surface area contributed by atoms with Crippen LogP contribution in [0, 0.1) is 5.41 Å². The number of nitrogens with two attached hydrogens (primary N) is 1. The van der Waals surface area contributed by atoms with Crippen LogP contribution in [0.15, 0.2) is 5.16 Å². The van der Waals surface area contributed by atoms with E-state index in [1.165, 1.54) is 0 Å². The van der Waals surface area contributed by atoms with Crippen molar-refractivity contribution >= 4 is 21.6 Å². The molecule has 1 saturated carbocycles. The van der Waals surface area contributed by atoms with E-state index in [1.54, 1.807) is 0 Å². The molecule has 0 aromatic carbocycles. The molecule has 1 aliphatic rings. The number of nitrogens with zero attached hydrogens (tertiary/aromatic N) is 1. The molecule has 0 aliphatic heterocycles. The van der Waals surface area contributed by atoms with Gasteiger partial charge in [0.25, 0.3) is 0 Å². The first-order chi connectivity index (χ1) is 7.82. The van der Waals surface area contributed by atoms with Gasteiger partial charge in [-0.3, -0.25) is 4.79 Å². The Morgan fingerprint density at radius 3 is 2.53 bits per heavy atom. The first-order valence-corrected chi connectivity index (χ1v) is 7.32. The van der Waals surface area contributed by atoms with E-state index < -0.39 is 15.3 Å². The summed E-state index contributed by atoms with van der Waals surface area (Å²) in [4.78, 5) is 11.7. The second-order valence-corrected chi connectivity index (χ2v) is 6.57. The van der Waals surface area contributed by atoms with Crippen LogP contribution in [0.5, 0.6) is 0 Å². The molecule has 0 aromatic heterocycles. The van der Waals surface area contributed by atoms with E-state index in [0.29, 0.717) is 19.3 Å². The zero-order valence-electron chi connectivity index (χ0n) is 9.64. The van der Waals surface area contributed by atoms with Crippen LogP contribution >= 0.6 is 0 Å². The van der Waals surface area contributed by atoms with Crippen LogP contribution in [0.1, 0.15) is 19.3 Å². The number of nitrogens with one attached hydrogen (secondary N) is 1. The molecule has 1 amide bonds. The normalized spacial score (nSPS) is 18.8. The van der Waals surface area contributed by atoms with Crippen LogP contribution in [-0.2, 0) is 14.6 Å². The lowest BCUT2D eigenvalue weighted by atomic mass is 10.1. The van der Waals surface area contributed by atoms with Crippen molar-refractivity contribution in [2.75, 3.05) is 18.6 Å². The number of hydrogen-bond acceptors (Lipinski definition) is 5. The van der Waals surface area contributed by atoms with Gasteiger partial charge in [-0.1, -0.05) is 5.16 Å². The Morgan fingerprint density at radius 1 is 1.53 bits per heavy atom. The van der Waals surface area contributed by atoms with Crippen molar-refractivity contribution in [3.05, 3.63) is 0 Å². The summed E-state index contributed by atoms with van der Waals surface area (Å²) >= 11 is 0. The molecule has 1 rings (SSSR count). The molecule has 17 heavy (non-hydrogen) atoms. The minimum atomic E-state index is -3.00. The van der Waals surface area contributed by atoms with Gasteiger partial charge >= 0.3 is 0 Å². The van der Waals surface area contributed by atoms with Gasteiger partial charge in [0.05, 0.1) is 5.75 Å². The highest BCUT2D eigenvalue weighted by molar-refractivity contribution is 7.90. The molecule has 1 aliphatic carbocycles. The fourth-order valence-corrected chi connectivity index (χ4v) is 2.19. The quantitative estimate of drug-likeness (QED) is 0.188. The Morgan fingerprint density at radius 2 is 2.12 bits per heavy atom. The fourth-order valence-electron chi connectivity index (χ4n) is 1.53. The van der Waals surface area contributed by atoms with Crippen LogP contribution in [0.3, 0.4) is 0 Å². The maximum absolute atomic E-state index is 11.7. The molecule has 0 atom stereocenters.